The van der Waals surface area contributed by atoms with Crippen LogP contribution in [0.15, 0.2) is 24.5 Å². The van der Waals surface area contributed by atoms with Gasteiger partial charge in [0.1, 0.15) is 23.3 Å². The van der Waals surface area contributed by atoms with E-state index in [0.29, 0.717) is 64.7 Å². The van der Waals surface area contributed by atoms with Crippen LogP contribution in [0.3, 0.4) is 0 Å². The van der Waals surface area contributed by atoms with E-state index in [2.05, 4.69) is 20.3 Å². The maximum atomic E-state index is 13.5. The normalized spacial score (nSPS) is 20.5. The van der Waals surface area contributed by atoms with E-state index in [1.54, 1.807) is 13.0 Å². The zero-order chi connectivity index (χ0) is 23.1. The van der Waals surface area contributed by atoms with Crippen LogP contribution < -0.4 is 10.1 Å². The summed E-state index contributed by atoms with van der Waals surface area (Å²) in [4.78, 5) is 24.9. The minimum atomic E-state index is -2.63. The fourth-order valence-electron chi connectivity index (χ4n) is 4.44. The number of ether oxygens (including phenoxy) is 1. The van der Waals surface area contributed by atoms with Gasteiger partial charge in [0.25, 0.3) is 12.3 Å². The number of fused-ring (bicyclic) bond motifs is 1. The van der Waals surface area contributed by atoms with Gasteiger partial charge in [-0.2, -0.15) is 0 Å². The van der Waals surface area contributed by atoms with Crippen molar-refractivity contribution < 1.29 is 23.4 Å². The molecule has 33 heavy (non-hydrogen) atoms. The molecule has 0 bridgehead atoms. The first kappa shape index (κ1) is 21.8. The Hall–Kier alpha value is -3.07. The van der Waals surface area contributed by atoms with E-state index in [1.807, 2.05) is 0 Å². The number of aliphatic hydroxyl groups excluding tert-OH is 1. The molecular weight excluding hydrogens is 430 g/mol. The van der Waals surface area contributed by atoms with Gasteiger partial charge in [0, 0.05) is 22.9 Å². The van der Waals surface area contributed by atoms with Crippen molar-refractivity contribution in [3.63, 3.8) is 0 Å². The van der Waals surface area contributed by atoms with E-state index in [-0.39, 0.29) is 17.5 Å². The summed E-state index contributed by atoms with van der Waals surface area (Å²) >= 11 is 0. The van der Waals surface area contributed by atoms with Crippen LogP contribution in [0.1, 0.15) is 60.1 Å². The third-order valence-electron chi connectivity index (χ3n) is 6.42. The Morgan fingerprint density at radius 3 is 2.79 bits per heavy atom. The standard InChI is InChI=1S/C24H26F2N4O3/c1-12-19(24(32)30-15-5-6-16(31)9-15)21-22(29-12)20(27-11-28-21)17-8-14(23(25)26)4-7-18(17)33-10-13-2-3-13/h4,7-8,11,13,15-16,23,29,31H,2-3,5-6,9-10H2,1H3,(H,30,32)/t15-,16+/m0/s1. The fourth-order valence-corrected chi connectivity index (χ4v) is 4.44. The molecule has 2 aromatic heterocycles. The molecule has 2 atom stereocenters. The average molecular weight is 456 g/mol. The first-order valence-corrected chi connectivity index (χ1v) is 11.3. The van der Waals surface area contributed by atoms with Gasteiger partial charge in [-0.25, -0.2) is 18.7 Å². The summed E-state index contributed by atoms with van der Waals surface area (Å²) in [6.07, 6.45) is 2.42. The van der Waals surface area contributed by atoms with Crippen molar-refractivity contribution in [1.29, 1.82) is 0 Å². The van der Waals surface area contributed by atoms with Gasteiger partial charge in [-0.1, -0.05) is 0 Å². The summed E-state index contributed by atoms with van der Waals surface area (Å²) in [6.45, 7) is 2.30. The molecule has 1 aromatic carbocycles. The Morgan fingerprint density at radius 2 is 2.09 bits per heavy atom. The minimum absolute atomic E-state index is 0.0942. The number of benzene rings is 1. The van der Waals surface area contributed by atoms with Gasteiger partial charge >= 0.3 is 0 Å². The average Bonchev–Trinajstić information content (AvgIpc) is 3.43. The number of carbonyl (C=O) groups is 1. The Balaban J connectivity index is 1.54. The number of aromatic nitrogens is 3. The van der Waals surface area contributed by atoms with E-state index >= 15 is 0 Å². The van der Waals surface area contributed by atoms with Crippen LogP contribution in [0.2, 0.25) is 0 Å². The highest BCUT2D eigenvalue weighted by Crippen LogP contribution is 2.38. The van der Waals surface area contributed by atoms with E-state index < -0.39 is 12.5 Å². The van der Waals surface area contributed by atoms with Crippen LogP contribution in [0.5, 0.6) is 5.75 Å². The van der Waals surface area contributed by atoms with Crippen molar-refractivity contribution in [2.24, 2.45) is 5.92 Å². The molecule has 5 rings (SSSR count). The zero-order valence-electron chi connectivity index (χ0n) is 18.3. The lowest BCUT2D eigenvalue weighted by molar-refractivity contribution is 0.0935. The minimum Gasteiger partial charge on any atom is -0.493 e. The highest BCUT2D eigenvalue weighted by atomic mass is 19.3. The molecule has 0 unspecified atom stereocenters. The molecule has 7 nitrogen and oxygen atoms in total. The van der Waals surface area contributed by atoms with Crippen LogP contribution in [-0.4, -0.2) is 44.7 Å². The van der Waals surface area contributed by atoms with Crippen LogP contribution in [0, 0.1) is 12.8 Å². The summed E-state index contributed by atoms with van der Waals surface area (Å²) in [6, 6.07) is 4.22. The van der Waals surface area contributed by atoms with Crippen LogP contribution in [0.4, 0.5) is 8.78 Å². The lowest BCUT2D eigenvalue weighted by Gasteiger charge is -2.13. The number of aromatic amines is 1. The molecule has 2 saturated carbocycles. The number of aryl methyl sites for hydroxylation is 1. The van der Waals surface area contributed by atoms with Gasteiger partial charge in [0.2, 0.25) is 0 Å². The number of aliphatic hydroxyl groups is 1. The monoisotopic (exact) mass is 456 g/mol. The van der Waals surface area contributed by atoms with Crippen molar-refractivity contribution in [3.05, 3.63) is 41.3 Å². The third-order valence-corrected chi connectivity index (χ3v) is 6.42. The summed E-state index contributed by atoms with van der Waals surface area (Å²) in [5.41, 5.74) is 2.63. The largest absolute Gasteiger partial charge is 0.493 e. The van der Waals surface area contributed by atoms with Crippen molar-refractivity contribution in [2.75, 3.05) is 6.61 Å². The number of hydrogen-bond acceptors (Lipinski definition) is 5. The van der Waals surface area contributed by atoms with Gasteiger partial charge < -0.3 is 20.1 Å². The Labute approximate surface area is 189 Å². The molecule has 0 saturated heterocycles. The predicted molar refractivity (Wildman–Crippen MR) is 118 cm³/mol. The predicted octanol–water partition coefficient (Wildman–Crippen LogP) is 4.30. The second-order valence-corrected chi connectivity index (χ2v) is 9.02. The van der Waals surface area contributed by atoms with Gasteiger partial charge in [0.15, 0.2) is 0 Å². The Morgan fingerprint density at radius 1 is 1.27 bits per heavy atom. The molecule has 0 spiro atoms. The van der Waals surface area contributed by atoms with Gasteiger partial charge in [-0.15, -0.1) is 0 Å². The summed E-state index contributed by atoms with van der Waals surface area (Å²) in [5, 5.41) is 12.7. The quantitative estimate of drug-likeness (QED) is 0.492. The molecule has 2 heterocycles. The lowest BCUT2D eigenvalue weighted by atomic mass is 10.0. The fraction of sp³-hybridized carbons (Fsp3) is 0.458. The van der Waals surface area contributed by atoms with Gasteiger partial charge in [-0.05, 0) is 63.1 Å². The lowest BCUT2D eigenvalue weighted by Crippen LogP contribution is -2.33. The molecule has 9 heteroatoms. The van der Waals surface area contributed by atoms with Crippen LogP contribution in [0.25, 0.3) is 22.3 Å². The summed E-state index contributed by atoms with van der Waals surface area (Å²) in [5.74, 6) is 0.689. The number of H-pyrrole nitrogens is 1. The number of hydrogen-bond donors (Lipinski definition) is 3. The first-order chi connectivity index (χ1) is 15.9. The number of halogens is 2. The number of nitrogens with zero attached hydrogens (tertiary/aromatic N) is 2. The maximum Gasteiger partial charge on any atom is 0.263 e. The van der Waals surface area contributed by atoms with Gasteiger partial charge in [0.05, 0.1) is 23.8 Å². The molecule has 3 aromatic rings. The number of alkyl halides is 2. The Bertz CT molecular complexity index is 1190. The van der Waals surface area contributed by atoms with Crippen molar-refractivity contribution in [3.8, 4) is 17.0 Å². The topological polar surface area (TPSA) is 100 Å². The molecule has 0 radical (unpaired) electrons. The van der Waals surface area contributed by atoms with Crippen molar-refractivity contribution in [2.45, 2.75) is 57.6 Å². The highest BCUT2D eigenvalue weighted by Gasteiger charge is 2.28. The van der Waals surface area contributed by atoms with E-state index in [0.717, 1.165) is 19.3 Å². The molecular formula is C24H26F2N4O3. The Kier molecular flexibility index (Phi) is 5.74. The molecule has 2 fully saturated rings. The zero-order valence-corrected chi connectivity index (χ0v) is 18.3. The molecule has 1 amide bonds. The van der Waals surface area contributed by atoms with Crippen molar-refractivity contribution >= 4 is 16.9 Å². The molecule has 174 valence electrons. The van der Waals surface area contributed by atoms with Crippen LogP contribution >= 0.6 is 0 Å². The number of rotatable bonds is 7. The number of nitrogens with one attached hydrogen (secondary N) is 2. The first-order valence-electron chi connectivity index (χ1n) is 11.3. The maximum absolute atomic E-state index is 13.5. The second-order valence-electron chi connectivity index (χ2n) is 9.02. The molecule has 3 N–H and O–H groups in total. The van der Waals surface area contributed by atoms with E-state index in [1.165, 1.54) is 18.5 Å². The number of carbonyl (C=O) groups excluding carboxylic acids is 1. The second kappa shape index (κ2) is 8.70. The summed E-state index contributed by atoms with van der Waals surface area (Å²) in [7, 11) is 0. The van der Waals surface area contributed by atoms with Crippen molar-refractivity contribution in [1.82, 2.24) is 20.3 Å². The summed E-state index contributed by atoms with van der Waals surface area (Å²) < 4.78 is 32.9. The molecule has 2 aliphatic carbocycles. The van der Waals surface area contributed by atoms with Crippen LogP contribution in [-0.2, 0) is 0 Å². The molecule has 2 aliphatic rings. The smallest absolute Gasteiger partial charge is 0.263 e. The molecule has 0 aliphatic heterocycles. The van der Waals surface area contributed by atoms with E-state index in [4.69, 9.17) is 4.74 Å². The SMILES string of the molecule is Cc1[nH]c2c(-c3cc(C(F)F)ccc3OCC3CC3)ncnc2c1C(=O)N[C@H]1CC[C@@H](O)C1. The number of amides is 1. The highest BCUT2D eigenvalue weighted by molar-refractivity contribution is 6.09. The van der Waals surface area contributed by atoms with Gasteiger partial charge in [-0.3, -0.25) is 4.79 Å². The van der Waals surface area contributed by atoms with E-state index in [9.17, 15) is 18.7 Å². The third kappa shape index (κ3) is 4.42.